The van der Waals surface area contributed by atoms with Crippen molar-refractivity contribution in [3.05, 3.63) is 41.2 Å². The van der Waals surface area contributed by atoms with Crippen molar-refractivity contribution in [3.63, 3.8) is 0 Å². The van der Waals surface area contributed by atoms with E-state index in [4.69, 9.17) is 16.6 Å². The maximum Gasteiger partial charge on any atom is 0.226 e. The van der Waals surface area contributed by atoms with Crippen LogP contribution >= 0.6 is 11.6 Å². The third-order valence-corrected chi connectivity index (χ3v) is 6.42. The lowest BCUT2D eigenvalue weighted by molar-refractivity contribution is -0.137. The third-order valence-electron chi connectivity index (χ3n) is 6.17. The molecule has 5 nitrogen and oxygen atoms in total. The van der Waals surface area contributed by atoms with E-state index in [1.54, 1.807) is 0 Å². The molecule has 0 bridgehead atoms. The number of hydrogen-bond acceptors (Lipinski definition) is 4. The van der Waals surface area contributed by atoms with E-state index >= 15 is 0 Å². The van der Waals surface area contributed by atoms with E-state index in [0.717, 1.165) is 49.0 Å². The minimum absolute atomic E-state index is 0.0109. The van der Waals surface area contributed by atoms with Crippen LogP contribution in [-0.2, 0) is 4.79 Å². The van der Waals surface area contributed by atoms with Crippen molar-refractivity contribution < 1.29 is 4.79 Å². The molecule has 154 valence electrons. The summed E-state index contributed by atoms with van der Waals surface area (Å²) in [6, 6.07) is 7.79. The number of benzene rings is 1. The molecule has 2 fully saturated rings. The summed E-state index contributed by atoms with van der Waals surface area (Å²) in [7, 11) is 3.89. The number of hydrogen-bond donors (Lipinski definition) is 0. The molecule has 1 saturated heterocycles. The Morgan fingerprint density at radius 3 is 2.48 bits per heavy atom. The van der Waals surface area contributed by atoms with Crippen LogP contribution in [0.1, 0.15) is 56.7 Å². The van der Waals surface area contributed by atoms with Gasteiger partial charge in [-0.1, -0.05) is 43.0 Å². The number of carbonyl (C=O) groups excluding carboxylic acids is 1. The van der Waals surface area contributed by atoms with Crippen LogP contribution in [-0.4, -0.2) is 41.4 Å². The molecule has 0 spiro atoms. The van der Waals surface area contributed by atoms with Crippen LogP contribution in [0.15, 0.2) is 30.5 Å². The average Bonchev–Trinajstić information content (AvgIpc) is 3.23. The van der Waals surface area contributed by atoms with Gasteiger partial charge in [0.25, 0.3) is 0 Å². The van der Waals surface area contributed by atoms with Gasteiger partial charge in [-0.2, -0.15) is 0 Å². The SMILES string of the molecule is CN(C)c1ncc(-c2ccc(Cl)cc2)c([C@H]2CCCN2C(=O)C2CCCCC2)n1. The summed E-state index contributed by atoms with van der Waals surface area (Å²) in [5.74, 6) is 1.17. The number of carbonyl (C=O) groups is 1. The van der Waals surface area contributed by atoms with E-state index in [0.29, 0.717) is 16.9 Å². The summed E-state index contributed by atoms with van der Waals surface area (Å²) >= 11 is 6.09. The molecule has 2 aliphatic rings. The zero-order chi connectivity index (χ0) is 20.4. The lowest BCUT2D eigenvalue weighted by Crippen LogP contribution is -2.37. The van der Waals surface area contributed by atoms with Gasteiger partial charge in [0.2, 0.25) is 11.9 Å². The number of halogens is 1. The van der Waals surface area contributed by atoms with Crippen molar-refractivity contribution in [2.24, 2.45) is 5.92 Å². The van der Waals surface area contributed by atoms with Crippen molar-refractivity contribution in [1.29, 1.82) is 0 Å². The molecule has 1 amide bonds. The summed E-state index contributed by atoms with van der Waals surface area (Å²) in [5.41, 5.74) is 2.97. The average molecular weight is 413 g/mol. The normalized spacial score (nSPS) is 20.1. The van der Waals surface area contributed by atoms with E-state index in [2.05, 4.69) is 9.88 Å². The topological polar surface area (TPSA) is 49.3 Å². The first-order valence-corrected chi connectivity index (χ1v) is 11.0. The molecule has 1 aliphatic heterocycles. The van der Waals surface area contributed by atoms with Crippen LogP contribution in [0.5, 0.6) is 0 Å². The molecule has 2 aromatic rings. The summed E-state index contributed by atoms with van der Waals surface area (Å²) in [4.78, 5) is 26.8. The maximum atomic E-state index is 13.4. The number of nitrogens with zero attached hydrogens (tertiary/aromatic N) is 4. The van der Waals surface area contributed by atoms with Crippen LogP contribution < -0.4 is 4.90 Å². The number of aromatic nitrogens is 2. The first kappa shape index (κ1) is 20.1. The molecule has 0 radical (unpaired) electrons. The highest BCUT2D eigenvalue weighted by Crippen LogP contribution is 2.39. The monoisotopic (exact) mass is 412 g/mol. The molecule has 0 unspecified atom stereocenters. The summed E-state index contributed by atoms with van der Waals surface area (Å²) in [5, 5.41) is 0.705. The second kappa shape index (κ2) is 8.70. The minimum Gasteiger partial charge on any atom is -0.347 e. The highest BCUT2D eigenvalue weighted by molar-refractivity contribution is 6.30. The summed E-state index contributed by atoms with van der Waals surface area (Å²) in [6.07, 6.45) is 9.51. The van der Waals surface area contributed by atoms with Gasteiger partial charge in [-0.15, -0.1) is 0 Å². The zero-order valence-corrected chi connectivity index (χ0v) is 18.0. The van der Waals surface area contributed by atoms with Gasteiger partial charge >= 0.3 is 0 Å². The zero-order valence-electron chi connectivity index (χ0n) is 17.3. The Hall–Kier alpha value is -2.14. The van der Waals surface area contributed by atoms with Gasteiger partial charge in [-0.3, -0.25) is 4.79 Å². The molecule has 29 heavy (non-hydrogen) atoms. The second-order valence-electron chi connectivity index (χ2n) is 8.39. The molecular weight excluding hydrogens is 384 g/mol. The smallest absolute Gasteiger partial charge is 0.226 e. The number of anilines is 1. The first-order valence-electron chi connectivity index (χ1n) is 10.7. The molecule has 1 aromatic carbocycles. The van der Waals surface area contributed by atoms with E-state index in [1.807, 2.05) is 49.5 Å². The summed E-state index contributed by atoms with van der Waals surface area (Å²) < 4.78 is 0. The van der Waals surface area contributed by atoms with Crippen LogP contribution in [0, 0.1) is 5.92 Å². The highest BCUT2D eigenvalue weighted by atomic mass is 35.5. The fourth-order valence-electron chi connectivity index (χ4n) is 4.61. The molecule has 1 saturated carbocycles. The fraction of sp³-hybridized carbons (Fsp3) is 0.522. The van der Waals surface area contributed by atoms with Crippen LogP contribution in [0.2, 0.25) is 5.02 Å². The molecule has 2 heterocycles. The van der Waals surface area contributed by atoms with Crippen molar-refractivity contribution >= 4 is 23.5 Å². The Morgan fingerprint density at radius 2 is 1.79 bits per heavy atom. The molecule has 0 N–H and O–H groups in total. The van der Waals surface area contributed by atoms with Gasteiger partial charge in [0, 0.05) is 43.3 Å². The highest BCUT2D eigenvalue weighted by Gasteiger charge is 2.36. The molecule has 4 rings (SSSR count). The molecule has 1 atom stereocenters. The number of amides is 1. The Labute approximate surface area is 178 Å². The predicted octanol–water partition coefficient (Wildman–Crippen LogP) is 5.11. The molecular formula is C23H29ClN4O. The van der Waals surface area contributed by atoms with Gasteiger partial charge < -0.3 is 9.80 Å². The van der Waals surface area contributed by atoms with E-state index < -0.39 is 0 Å². The Morgan fingerprint density at radius 1 is 1.07 bits per heavy atom. The minimum atomic E-state index is 0.0109. The van der Waals surface area contributed by atoms with Crippen molar-refractivity contribution in [1.82, 2.24) is 14.9 Å². The quantitative estimate of drug-likeness (QED) is 0.700. The molecule has 6 heteroatoms. The van der Waals surface area contributed by atoms with E-state index in [9.17, 15) is 4.79 Å². The molecule has 1 aromatic heterocycles. The van der Waals surface area contributed by atoms with Crippen LogP contribution in [0.3, 0.4) is 0 Å². The summed E-state index contributed by atoms with van der Waals surface area (Å²) in [6.45, 7) is 0.821. The first-order chi connectivity index (χ1) is 14.0. The Balaban J connectivity index is 1.71. The van der Waals surface area contributed by atoms with E-state index in [-0.39, 0.29) is 12.0 Å². The largest absolute Gasteiger partial charge is 0.347 e. The van der Waals surface area contributed by atoms with Crippen molar-refractivity contribution in [2.45, 2.75) is 51.0 Å². The van der Waals surface area contributed by atoms with Gasteiger partial charge in [0.05, 0.1) is 11.7 Å². The molecule has 1 aliphatic carbocycles. The number of likely N-dealkylation sites (tertiary alicyclic amines) is 1. The van der Waals surface area contributed by atoms with Gasteiger partial charge in [0.15, 0.2) is 0 Å². The Kier molecular flexibility index (Phi) is 6.04. The van der Waals surface area contributed by atoms with E-state index in [1.165, 1.54) is 19.3 Å². The van der Waals surface area contributed by atoms with Crippen LogP contribution in [0.4, 0.5) is 5.95 Å². The van der Waals surface area contributed by atoms with Crippen LogP contribution in [0.25, 0.3) is 11.1 Å². The van der Waals surface area contributed by atoms with Crippen molar-refractivity contribution in [3.8, 4) is 11.1 Å². The predicted molar refractivity (Wildman–Crippen MR) is 117 cm³/mol. The van der Waals surface area contributed by atoms with Crippen molar-refractivity contribution in [2.75, 3.05) is 25.5 Å². The lowest BCUT2D eigenvalue weighted by atomic mass is 9.88. The third kappa shape index (κ3) is 4.25. The van der Waals surface area contributed by atoms with Gasteiger partial charge in [-0.05, 0) is 43.4 Å². The van der Waals surface area contributed by atoms with Gasteiger partial charge in [0.1, 0.15) is 0 Å². The Bertz CT molecular complexity index is 862. The maximum absolute atomic E-state index is 13.4. The van der Waals surface area contributed by atoms with Gasteiger partial charge in [-0.25, -0.2) is 9.97 Å². The fourth-order valence-corrected chi connectivity index (χ4v) is 4.73. The second-order valence-corrected chi connectivity index (χ2v) is 8.83. The number of rotatable bonds is 4. The lowest BCUT2D eigenvalue weighted by Gasteiger charge is -2.31. The standard InChI is InChI=1S/C23H29ClN4O/c1-27(2)23-25-15-19(16-10-12-18(24)13-11-16)21(26-23)20-9-6-14-28(20)22(29)17-7-4-3-5-8-17/h10-13,15,17,20H,3-9,14H2,1-2H3/t20-/m1/s1.